The predicted molar refractivity (Wildman–Crippen MR) is 36.7 cm³/mol. The van der Waals surface area contributed by atoms with Gasteiger partial charge in [-0.05, 0) is 0 Å². The second-order valence-electron chi connectivity index (χ2n) is 3.59. The standard InChI is InChI=1S/C6H12GeO/c1-7(2,3)5-4-6(5)8/h5H,4H2,1-3H3. The molecule has 2 heteroatoms. The zero-order valence-electron chi connectivity index (χ0n) is 5.69. The molecule has 0 aliphatic heterocycles. The maximum absolute atomic E-state index is 10.6. The first-order valence-electron chi connectivity index (χ1n) is 3.04. The Bertz CT molecular complexity index is 123. The summed E-state index contributed by atoms with van der Waals surface area (Å²) in [6.07, 6.45) is 0.906. The molecule has 1 rings (SSSR count). The Balaban J connectivity index is 2.51. The molecule has 1 aliphatic carbocycles. The van der Waals surface area contributed by atoms with E-state index in [1.165, 1.54) is 0 Å². The van der Waals surface area contributed by atoms with Crippen LogP contribution in [0.3, 0.4) is 0 Å². The Morgan fingerprint density at radius 3 is 1.88 bits per heavy atom. The molecule has 0 amide bonds. The van der Waals surface area contributed by atoms with Crippen LogP contribution in [0.4, 0.5) is 0 Å². The van der Waals surface area contributed by atoms with Gasteiger partial charge >= 0.3 is 52.3 Å². The third-order valence-corrected chi connectivity index (χ3v) is 7.17. The quantitative estimate of drug-likeness (QED) is 0.550. The van der Waals surface area contributed by atoms with E-state index in [-0.39, 0.29) is 0 Å². The van der Waals surface area contributed by atoms with Crippen molar-refractivity contribution in [2.24, 2.45) is 0 Å². The Morgan fingerprint density at radius 2 is 1.88 bits per heavy atom. The zero-order chi connectivity index (χ0) is 6.36. The summed E-state index contributed by atoms with van der Waals surface area (Å²) in [5.41, 5.74) is 0. The fourth-order valence-electron chi connectivity index (χ4n) is 0.931. The first-order valence-corrected chi connectivity index (χ1v) is 10.5. The van der Waals surface area contributed by atoms with E-state index in [1.807, 2.05) is 0 Å². The number of carbonyl (C=O) groups excluding carboxylic acids is 1. The van der Waals surface area contributed by atoms with E-state index in [1.54, 1.807) is 0 Å². The average molecular weight is 173 g/mol. The first kappa shape index (κ1) is 6.33. The van der Waals surface area contributed by atoms with Gasteiger partial charge < -0.3 is 0 Å². The van der Waals surface area contributed by atoms with Crippen LogP contribution in [0.5, 0.6) is 0 Å². The third-order valence-electron chi connectivity index (χ3n) is 1.68. The van der Waals surface area contributed by atoms with Gasteiger partial charge in [0, 0.05) is 0 Å². The van der Waals surface area contributed by atoms with Gasteiger partial charge in [-0.1, -0.05) is 0 Å². The van der Waals surface area contributed by atoms with Gasteiger partial charge in [0.05, 0.1) is 0 Å². The van der Waals surface area contributed by atoms with Crippen LogP contribution >= 0.6 is 0 Å². The molecule has 1 aliphatic rings. The normalized spacial score (nSPS) is 28.4. The molecule has 1 fully saturated rings. The number of ketones is 1. The van der Waals surface area contributed by atoms with E-state index >= 15 is 0 Å². The Morgan fingerprint density at radius 1 is 1.50 bits per heavy atom. The molecule has 0 spiro atoms. The van der Waals surface area contributed by atoms with Gasteiger partial charge in [-0.3, -0.25) is 0 Å². The van der Waals surface area contributed by atoms with Crippen LogP contribution in [-0.4, -0.2) is 19.0 Å². The van der Waals surface area contributed by atoms with Crippen molar-refractivity contribution < 1.29 is 4.79 Å². The van der Waals surface area contributed by atoms with Crippen LogP contribution in [0.15, 0.2) is 0 Å². The van der Waals surface area contributed by atoms with Crippen molar-refractivity contribution in [2.75, 3.05) is 0 Å². The van der Waals surface area contributed by atoms with Crippen LogP contribution in [0, 0.1) is 0 Å². The summed E-state index contributed by atoms with van der Waals surface area (Å²) in [7, 11) is 0. The van der Waals surface area contributed by atoms with E-state index in [9.17, 15) is 4.79 Å². The number of hydrogen-bond donors (Lipinski definition) is 0. The fraction of sp³-hybridized carbons (Fsp3) is 0.833. The molecule has 0 saturated heterocycles. The van der Waals surface area contributed by atoms with Crippen LogP contribution in [0.1, 0.15) is 6.42 Å². The summed E-state index contributed by atoms with van der Waals surface area (Å²) >= 11 is -1.48. The summed E-state index contributed by atoms with van der Waals surface area (Å²) in [6.45, 7) is 0. The molecule has 1 nitrogen and oxygen atoms in total. The molecule has 0 N–H and O–H groups in total. The van der Waals surface area contributed by atoms with Crippen molar-refractivity contribution >= 4 is 19.0 Å². The summed E-state index contributed by atoms with van der Waals surface area (Å²) in [4.78, 5) is 10.6. The Hall–Kier alpha value is 0.213. The average Bonchev–Trinajstić information content (AvgIpc) is 2.13. The summed E-state index contributed by atoms with van der Waals surface area (Å²) in [5.74, 6) is 7.43. The van der Waals surface area contributed by atoms with Crippen molar-refractivity contribution in [1.29, 1.82) is 0 Å². The van der Waals surface area contributed by atoms with E-state index in [0.717, 1.165) is 6.42 Å². The van der Waals surface area contributed by atoms with E-state index in [4.69, 9.17) is 0 Å². The molecule has 8 heavy (non-hydrogen) atoms. The van der Waals surface area contributed by atoms with Gasteiger partial charge in [0.2, 0.25) is 0 Å². The van der Waals surface area contributed by atoms with Crippen LogP contribution in [0.25, 0.3) is 0 Å². The number of Topliss-reactive ketones (excluding diaryl/α,β-unsaturated/α-hetero) is 1. The van der Waals surface area contributed by atoms with Crippen molar-refractivity contribution in [3.05, 3.63) is 0 Å². The molecule has 0 radical (unpaired) electrons. The monoisotopic (exact) mass is 174 g/mol. The molecular weight excluding hydrogens is 161 g/mol. The van der Waals surface area contributed by atoms with Gasteiger partial charge in [0.25, 0.3) is 0 Å². The van der Waals surface area contributed by atoms with Gasteiger partial charge in [-0.2, -0.15) is 0 Å². The van der Waals surface area contributed by atoms with Crippen molar-refractivity contribution in [3.63, 3.8) is 0 Å². The molecule has 46 valence electrons. The van der Waals surface area contributed by atoms with Crippen LogP contribution in [-0.2, 0) is 4.79 Å². The molecule has 0 aromatic carbocycles. The minimum atomic E-state index is -1.48. The van der Waals surface area contributed by atoms with Crippen molar-refractivity contribution in [1.82, 2.24) is 0 Å². The second-order valence-corrected chi connectivity index (χ2v) is 15.0. The SMILES string of the molecule is [CH3][Ge]([CH3])([CH3])[CH]1CC1=O. The molecule has 0 aromatic rings. The zero-order valence-corrected chi connectivity index (χ0v) is 7.79. The topological polar surface area (TPSA) is 17.1 Å². The molecule has 0 bridgehead atoms. The van der Waals surface area contributed by atoms with Gasteiger partial charge in [0.15, 0.2) is 0 Å². The summed E-state index contributed by atoms with van der Waals surface area (Å²) in [6, 6.07) is 0. The first-order chi connectivity index (χ1) is 3.52. The number of carbonyl (C=O) groups is 1. The van der Waals surface area contributed by atoms with Crippen molar-refractivity contribution in [3.8, 4) is 0 Å². The molecule has 1 atom stereocenters. The molecule has 0 aromatic heterocycles. The van der Waals surface area contributed by atoms with E-state index < -0.39 is 13.3 Å². The molecule has 1 saturated carbocycles. The minimum absolute atomic E-state index is 0.525. The van der Waals surface area contributed by atoms with Gasteiger partial charge in [0.1, 0.15) is 0 Å². The van der Waals surface area contributed by atoms with Gasteiger partial charge in [-0.15, -0.1) is 0 Å². The van der Waals surface area contributed by atoms with E-state index in [0.29, 0.717) is 10.5 Å². The van der Waals surface area contributed by atoms with E-state index in [2.05, 4.69) is 17.3 Å². The Kier molecular flexibility index (Phi) is 1.26. The number of rotatable bonds is 1. The summed E-state index contributed by atoms with van der Waals surface area (Å²) in [5, 5.41) is 0. The Labute approximate surface area is 52.8 Å². The second kappa shape index (κ2) is 1.59. The summed E-state index contributed by atoms with van der Waals surface area (Å²) < 4.78 is 0.565. The molecule has 1 unspecified atom stereocenters. The maximum atomic E-state index is 10.6. The molecule has 0 heterocycles. The third kappa shape index (κ3) is 1.13. The predicted octanol–water partition coefficient (Wildman–Crippen LogP) is 1.67. The van der Waals surface area contributed by atoms with Gasteiger partial charge in [-0.25, -0.2) is 0 Å². The van der Waals surface area contributed by atoms with Crippen molar-refractivity contribution in [2.45, 2.75) is 28.4 Å². The van der Waals surface area contributed by atoms with Crippen LogP contribution < -0.4 is 0 Å². The fourth-order valence-corrected chi connectivity index (χ4v) is 4.66. The number of hydrogen-bond acceptors (Lipinski definition) is 1. The molecular formula is C6H12GeO. The van der Waals surface area contributed by atoms with Crippen LogP contribution in [0.2, 0.25) is 22.0 Å².